The lowest BCUT2D eigenvalue weighted by Crippen LogP contribution is -2.31. The molecular weight excluding hydrogens is 488 g/mol. The molecule has 3 aromatic rings. The van der Waals surface area contributed by atoms with Crippen molar-refractivity contribution in [2.24, 2.45) is 0 Å². The summed E-state index contributed by atoms with van der Waals surface area (Å²) >= 11 is 1.20. The van der Waals surface area contributed by atoms with Crippen LogP contribution in [-0.4, -0.2) is 24.7 Å². The fraction of sp³-hybridized carbons (Fsp3) is 0.179. The van der Waals surface area contributed by atoms with Gasteiger partial charge in [0.05, 0.1) is 53.0 Å². The standard InChI is InChI=1S/C28H26N4O4S/c1-17-9-4-5-10-20(17)31-24(33)16-37-28-19(15-29)26(23-13-8-14-36-23)25(18(2)30-28)27(34)32-21-11-6-7-12-22(21)35-3/h4-14,26,30H,16H2,1-3H3,(H,31,33)(H,32,34). The zero-order valence-corrected chi connectivity index (χ0v) is 21.4. The lowest BCUT2D eigenvalue weighted by Gasteiger charge is -2.28. The third-order valence-corrected chi connectivity index (χ3v) is 6.86. The highest BCUT2D eigenvalue weighted by molar-refractivity contribution is 8.03. The first-order chi connectivity index (χ1) is 17.9. The number of nitrogens with one attached hydrogen (secondary N) is 3. The minimum absolute atomic E-state index is 0.0722. The van der Waals surface area contributed by atoms with Gasteiger partial charge in [0.2, 0.25) is 5.91 Å². The van der Waals surface area contributed by atoms with Crippen molar-refractivity contribution in [3.63, 3.8) is 0 Å². The van der Waals surface area contributed by atoms with Gasteiger partial charge in [-0.3, -0.25) is 9.59 Å². The molecule has 9 heteroatoms. The number of dihydropyridines is 1. The van der Waals surface area contributed by atoms with Crippen LogP contribution in [0.5, 0.6) is 5.75 Å². The second kappa shape index (κ2) is 11.5. The van der Waals surface area contributed by atoms with Gasteiger partial charge in [-0.2, -0.15) is 5.26 Å². The SMILES string of the molecule is COc1ccccc1NC(=O)C1=C(C)NC(SCC(=O)Nc2ccccc2C)=C(C#N)C1c1ccco1. The molecule has 1 aliphatic rings. The molecular formula is C28H26N4O4S. The van der Waals surface area contributed by atoms with Gasteiger partial charge < -0.3 is 25.1 Å². The van der Waals surface area contributed by atoms with Gasteiger partial charge >= 0.3 is 0 Å². The number of thioether (sulfide) groups is 1. The van der Waals surface area contributed by atoms with Gasteiger partial charge in [0, 0.05) is 11.4 Å². The molecule has 2 aromatic carbocycles. The number of rotatable bonds is 8. The largest absolute Gasteiger partial charge is 0.495 e. The molecule has 0 saturated carbocycles. The molecule has 1 aromatic heterocycles. The predicted molar refractivity (Wildman–Crippen MR) is 144 cm³/mol. The Balaban J connectivity index is 1.60. The van der Waals surface area contributed by atoms with Crippen molar-refractivity contribution in [2.75, 3.05) is 23.5 Å². The zero-order chi connectivity index (χ0) is 26.4. The Morgan fingerprint density at radius 1 is 1.05 bits per heavy atom. The Kier molecular flexibility index (Phi) is 8.01. The van der Waals surface area contributed by atoms with Crippen LogP contribution in [0, 0.1) is 18.3 Å². The van der Waals surface area contributed by atoms with Crippen LogP contribution in [0.4, 0.5) is 11.4 Å². The van der Waals surface area contributed by atoms with Gasteiger partial charge in [-0.1, -0.05) is 42.1 Å². The van der Waals surface area contributed by atoms with Crippen molar-refractivity contribution in [3.05, 3.63) is 100 Å². The summed E-state index contributed by atoms with van der Waals surface area (Å²) in [7, 11) is 1.53. The molecule has 4 rings (SSSR count). The van der Waals surface area contributed by atoms with E-state index >= 15 is 0 Å². The quantitative estimate of drug-likeness (QED) is 0.373. The van der Waals surface area contributed by atoms with E-state index in [0.29, 0.717) is 39.1 Å². The average molecular weight is 515 g/mol. The summed E-state index contributed by atoms with van der Waals surface area (Å²) in [4.78, 5) is 26.2. The van der Waals surface area contributed by atoms with E-state index in [0.717, 1.165) is 11.3 Å². The van der Waals surface area contributed by atoms with Crippen molar-refractivity contribution in [3.8, 4) is 11.8 Å². The summed E-state index contributed by atoms with van der Waals surface area (Å²) in [5.41, 5.74) is 3.37. The minimum Gasteiger partial charge on any atom is -0.495 e. The molecule has 1 unspecified atom stereocenters. The van der Waals surface area contributed by atoms with E-state index in [-0.39, 0.29) is 11.7 Å². The van der Waals surface area contributed by atoms with Crippen molar-refractivity contribution in [2.45, 2.75) is 19.8 Å². The number of hydrogen-bond acceptors (Lipinski definition) is 7. The monoisotopic (exact) mass is 514 g/mol. The first-order valence-electron chi connectivity index (χ1n) is 11.5. The summed E-state index contributed by atoms with van der Waals surface area (Å²) < 4.78 is 11.0. The van der Waals surface area contributed by atoms with Crippen LogP contribution in [0.25, 0.3) is 0 Å². The Labute approximate surface area is 219 Å². The van der Waals surface area contributed by atoms with E-state index in [1.165, 1.54) is 25.1 Å². The molecule has 188 valence electrons. The van der Waals surface area contributed by atoms with Crippen LogP contribution < -0.4 is 20.7 Å². The van der Waals surface area contributed by atoms with Gasteiger partial charge in [0.15, 0.2) is 0 Å². The number of carbonyl (C=O) groups is 2. The number of benzene rings is 2. The van der Waals surface area contributed by atoms with Gasteiger partial charge in [0.1, 0.15) is 11.5 Å². The van der Waals surface area contributed by atoms with Crippen LogP contribution >= 0.6 is 11.8 Å². The number of ether oxygens (including phenoxy) is 1. The van der Waals surface area contributed by atoms with Crippen molar-refractivity contribution < 1.29 is 18.7 Å². The maximum atomic E-state index is 13.5. The zero-order valence-electron chi connectivity index (χ0n) is 20.6. The third-order valence-electron chi connectivity index (χ3n) is 5.84. The van der Waals surface area contributed by atoms with E-state index in [9.17, 15) is 14.9 Å². The number of amides is 2. The highest BCUT2D eigenvalue weighted by Gasteiger charge is 2.36. The van der Waals surface area contributed by atoms with Crippen LogP contribution in [0.1, 0.15) is 24.2 Å². The summed E-state index contributed by atoms with van der Waals surface area (Å²) in [5.74, 6) is -0.322. The van der Waals surface area contributed by atoms with Crippen LogP contribution in [0.15, 0.2) is 93.2 Å². The van der Waals surface area contributed by atoms with Crippen LogP contribution in [-0.2, 0) is 9.59 Å². The first kappa shape index (κ1) is 25.7. The van der Waals surface area contributed by atoms with Crippen LogP contribution in [0.3, 0.4) is 0 Å². The number of methoxy groups -OCH3 is 1. The number of aryl methyl sites for hydroxylation is 1. The molecule has 2 amide bonds. The lowest BCUT2D eigenvalue weighted by atomic mass is 9.85. The van der Waals surface area contributed by atoms with E-state index in [1.54, 1.807) is 37.3 Å². The number of anilines is 2. The van der Waals surface area contributed by atoms with Crippen molar-refractivity contribution in [1.29, 1.82) is 5.26 Å². The Morgan fingerprint density at radius 2 is 1.78 bits per heavy atom. The molecule has 1 atom stereocenters. The topological polar surface area (TPSA) is 116 Å². The second-order valence-corrected chi connectivity index (χ2v) is 9.26. The maximum Gasteiger partial charge on any atom is 0.254 e. The molecule has 0 fully saturated rings. The smallest absolute Gasteiger partial charge is 0.254 e. The van der Waals surface area contributed by atoms with E-state index in [2.05, 4.69) is 22.0 Å². The molecule has 0 bridgehead atoms. The number of para-hydroxylation sites is 3. The minimum atomic E-state index is -0.752. The number of hydrogen-bond donors (Lipinski definition) is 3. The molecule has 0 aliphatic carbocycles. The molecule has 3 N–H and O–H groups in total. The summed E-state index contributed by atoms with van der Waals surface area (Å²) in [6.07, 6.45) is 1.50. The Hall–Kier alpha value is -4.42. The van der Waals surface area contributed by atoms with E-state index in [1.807, 2.05) is 37.3 Å². The van der Waals surface area contributed by atoms with E-state index < -0.39 is 11.8 Å². The predicted octanol–water partition coefficient (Wildman–Crippen LogP) is 5.30. The van der Waals surface area contributed by atoms with Gasteiger partial charge in [-0.15, -0.1) is 0 Å². The Bertz CT molecular complexity index is 1420. The third kappa shape index (κ3) is 5.71. The van der Waals surface area contributed by atoms with Gasteiger partial charge in [0.25, 0.3) is 5.91 Å². The van der Waals surface area contributed by atoms with E-state index in [4.69, 9.17) is 9.15 Å². The number of carbonyl (C=O) groups excluding carboxylic acids is 2. The second-order valence-electron chi connectivity index (χ2n) is 8.27. The highest BCUT2D eigenvalue weighted by Crippen LogP contribution is 2.41. The maximum absolute atomic E-state index is 13.5. The fourth-order valence-corrected chi connectivity index (χ4v) is 4.93. The molecule has 1 aliphatic heterocycles. The molecule has 2 heterocycles. The van der Waals surface area contributed by atoms with Gasteiger partial charge in [-0.25, -0.2) is 0 Å². The average Bonchev–Trinajstić information content (AvgIpc) is 3.43. The molecule has 37 heavy (non-hydrogen) atoms. The molecule has 0 radical (unpaired) electrons. The first-order valence-corrected chi connectivity index (χ1v) is 12.5. The number of allylic oxidation sites excluding steroid dienone is 2. The lowest BCUT2D eigenvalue weighted by molar-refractivity contribution is -0.114. The highest BCUT2D eigenvalue weighted by atomic mass is 32.2. The Morgan fingerprint density at radius 3 is 2.46 bits per heavy atom. The van der Waals surface area contributed by atoms with Crippen molar-refractivity contribution in [1.82, 2.24) is 5.32 Å². The summed E-state index contributed by atoms with van der Waals surface area (Å²) in [6.45, 7) is 3.68. The summed E-state index contributed by atoms with van der Waals surface area (Å²) in [5, 5.41) is 19.6. The molecule has 8 nitrogen and oxygen atoms in total. The van der Waals surface area contributed by atoms with Gasteiger partial charge in [-0.05, 0) is 49.7 Å². The molecule has 0 saturated heterocycles. The summed E-state index contributed by atoms with van der Waals surface area (Å²) in [6, 6.07) is 20.3. The number of furan rings is 1. The molecule has 0 spiro atoms. The number of nitriles is 1. The fourth-order valence-electron chi connectivity index (χ4n) is 4.04. The number of nitrogens with zero attached hydrogens (tertiary/aromatic N) is 1. The van der Waals surface area contributed by atoms with Crippen LogP contribution in [0.2, 0.25) is 0 Å². The normalized spacial score (nSPS) is 15.0. The van der Waals surface area contributed by atoms with Crippen molar-refractivity contribution >= 4 is 35.0 Å².